The van der Waals surface area contributed by atoms with Crippen LogP contribution < -0.4 is 10.1 Å². The van der Waals surface area contributed by atoms with Gasteiger partial charge in [0.15, 0.2) is 0 Å². The summed E-state index contributed by atoms with van der Waals surface area (Å²) in [7, 11) is 1.68. The van der Waals surface area contributed by atoms with Crippen molar-refractivity contribution in [2.45, 2.75) is 6.54 Å². The standard InChI is InChI=1S/C14H17N3O2/c1-18-9-8-16-10-12-4-2-7-17-14(12)19-13-5-3-6-15-11-13/h2-7,11,16H,8-10H2,1H3. The minimum atomic E-state index is 0.598. The van der Waals surface area contributed by atoms with Gasteiger partial charge in [-0.25, -0.2) is 4.98 Å². The molecule has 5 heteroatoms. The van der Waals surface area contributed by atoms with Crippen LogP contribution in [-0.2, 0) is 11.3 Å². The SMILES string of the molecule is COCCNCc1cccnc1Oc1cccnc1. The second kappa shape index (κ2) is 7.45. The molecule has 0 saturated heterocycles. The van der Waals surface area contributed by atoms with E-state index in [1.54, 1.807) is 25.7 Å². The molecule has 5 nitrogen and oxygen atoms in total. The summed E-state index contributed by atoms with van der Waals surface area (Å²) in [6.45, 7) is 2.16. The summed E-state index contributed by atoms with van der Waals surface area (Å²) in [5, 5.41) is 3.27. The summed E-state index contributed by atoms with van der Waals surface area (Å²) in [4.78, 5) is 8.26. The molecule has 0 aliphatic heterocycles. The van der Waals surface area contributed by atoms with Crippen LogP contribution in [0.15, 0.2) is 42.9 Å². The highest BCUT2D eigenvalue weighted by Gasteiger charge is 2.05. The number of aromatic nitrogens is 2. The van der Waals surface area contributed by atoms with Gasteiger partial charge >= 0.3 is 0 Å². The van der Waals surface area contributed by atoms with Crippen LogP contribution in [0.5, 0.6) is 11.6 Å². The van der Waals surface area contributed by atoms with Crippen LogP contribution >= 0.6 is 0 Å². The fraction of sp³-hybridized carbons (Fsp3) is 0.286. The zero-order chi connectivity index (χ0) is 13.3. The molecule has 2 heterocycles. The van der Waals surface area contributed by atoms with Crippen LogP contribution in [0.1, 0.15) is 5.56 Å². The van der Waals surface area contributed by atoms with Crippen molar-refractivity contribution in [3.8, 4) is 11.6 Å². The molecular formula is C14H17N3O2. The van der Waals surface area contributed by atoms with Crippen molar-refractivity contribution in [3.05, 3.63) is 48.4 Å². The highest BCUT2D eigenvalue weighted by molar-refractivity contribution is 5.30. The molecule has 0 aliphatic carbocycles. The van der Waals surface area contributed by atoms with Gasteiger partial charge in [-0.15, -0.1) is 0 Å². The van der Waals surface area contributed by atoms with Crippen LogP contribution in [-0.4, -0.2) is 30.2 Å². The molecule has 0 aliphatic rings. The van der Waals surface area contributed by atoms with Gasteiger partial charge in [0.1, 0.15) is 5.75 Å². The molecule has 0 atom stereocenters. The van der Waals surface area contributed by atoms with Crippen molar-refractivity contribution < 1.29 is 9.47 Å². The predicted octanol–water partition coefficient (Wildman–Crippen LogP) is 2.00. The number of methoxy groups -OCH3 is 1. The van der Waals surface area contributed by atoms with Crippen LogP contribution in [0, 0.1) is 0 Å². The minimum Gasteiger partial charge on any atom is -0.437 e. The van der Waals surface area contributed by atoms with E-state index in [1.165, 1.54) is 0 Å². The number of nitrogens with one attached hydrogen (secondary N) is 1. The second-order valence-electron chi connectivity index (χ2n) is 3.93. The number of ether oxygens (including phenoxy) is 2. The monoisotopic (exact) mass is 259 g/mol. The molecule has 2 aromatic rings. The Morgan fingerprint density at radius 1 is 1.21 bits per heavy atom. The Bertz CT molecular complexity index is 491. The van der Waals surface area contributed by atoms with Gasteiger partial charge in [0, 0.05) is 38.2 Å². The van der Waals surface area contributed by atoms with E-state index in [1.807, 2.05) is 24.3 Å². The number of pyridine rings is 2. The summed E-state index contributed by atoms with van der Waals surface area (Å²) >= 11 is 0. The van der Waals surface area contributed by atoms with Crippen molar-refractivity contribution in [1.29, 1.82) is 0 Å². The summed E-state index contributed by atoms with van der Waals surface area (Å²) in [6, 6.07) is 7.56. The van der Waals surface area contributed by atoms with Gasteiger partial charge in [-0.05, 0) is 18.2 Å². The van der Waals surface area contributed by atoms with E-state index in [0.29, 0.717) is 24.8 Å². The zero-order valence-corrected chi connectivity index (χ0v) is 10.9. The Balaban J connectivity index is 2.00. The average molecular weight is 259 g/mol. The smallest absolute Gasteiger partial charge is 0.223 e. The molecule has 19 heavy (non-hydrogen) atoms. The second-order valence-corrected chi connectivity index (χ2v) is 3.93. The Hall–Kier alpha value is -1.98. The largest absolute Gasteiger partial charge is 0.437 e. The summed E-state index contributed by atoms with van der Waals surface area (Å²) < 4.78 is 10.7. The zero-order valence-electron chi connectivity index (χ0n) is 10.9. The first-order valence-corrected chi connectivity index (χ1v) is 6.11. The number of hydrogen-bond donors (Lipinski definition) is 1. The molecule has 100 valence electrons. The molecule has 0 spiro atoms. The highest BCUT2D eigenvalue weighted by atomic mass is 16.5. The summed E-state index contributed by atoms with van der Waals surface area (Å²) in [5.74, 6) is 1.28. The third-order valence-corrected chi connectivity index (χ3v) is 2.50. The van der Waals surface area contributed by atoms with Gasteiger partial charge in [0.2, 0.25) is 5.88 Å². The van der Waals surface area contributed by atoms with Crippen LogP contribution in [0.4, 0.5) is 0 Å². The Labute approximate surface area is 112 Å². The molecule has 0 unspecified atom stereocenters. The van der Waals surface area contributed by atoms with E-state index in [2.05, 4.69) is 15.3 Å². The normalized spacial score (nSPS) is 10.4. The first-order valence-electron chi connectivity index (χ1n) is 6.11. The van der Waals surface area contributed by atoms with Gasteiger partial charge in [-0.2, -0.15) is 0 Å². The first-order chi connectivity index (χ1) is 9.40. The van der Waals surface area contributed by atoms with Crippen molar-refractivity contribution in [3.63, 3.8) is 0 Å². The fourth-order valence-electron chi connectivity index (χ4n) is 1.57. The number of nitrogens with zero attached hydrogens (tertiary/aromatic N) is 2. The van der Waals surface area contributed by atoms with E-state index in [4.69, 9.17) is 9.47 Å². The summed E-state index contributed by atoms with van der Waals surface area (Å²) in [5.41, 5.74) is 1.00. The number of hydrogen-bond acceptors (Lipinski definition) is 5. The maximum Gasteiger partial charge on any atom is 0.223 e. The van der Waals surface area contributed by atoms with Crippen molar-refractivity contribution in [2.75, 3.05) is 20.3 Å². The van der Waals surface area contributed by atoms with E-state index in [9.17, 15) is 0 Å². The predicted molar refractivity (Wildman–Crippen MR) is 72.1 cm³/mol. The van der Waals surface area contributed by atoms with Crippen LogP contribution in [0.25, 0.3) is 0 Å². The Kier molecular flexibility index (Phi) is 5.28. The van der Waals surface area contributed by atoms with Gasteiger partial charge in [0.25, 0.3) is 0 Å². The van der Waals surface area contributed by atoms with E-state index >= 15 is 0 Å². The molecular weight excluding hydrogens is 242 g/mol. The maximum absolute atomic E-state index is 5.72. The molecule has 0 bridgehead atoms. The molecule has 0 saturated carbocycles. The number of rotatable bonds is 7. The minimum absolute atomic E-state index is 0.598. The molecule has 2 aromatic heterocycles. The first kappa shape index (κ1) is 13.5. The molecule has 0 amide bonds. The molecule has 1 N–H and O–H groups in total. The molecule has 0 fully saturated rings. The lowest BCUT2D eigenvalue weighted by Gasteiger charge is -2.10. The Morgan fingerprint density at radius 2 is 2.11 bits per heavy atom. The lowest BCUT2D eigenvalue weighted by Crippen LogP contribution is -2.19. The fourth-order valence-corrected chi connectivity index (χ4v) is 1.57. The highest BCUT2D eigenvalue weighted by Crippen LogP contribution is 2.21. The van der Waals surface area contributed by atoms with Gasteiger partial charge in [0.05, 0.1) is 12.8 Å². The molecule has 2 rings (SSSR count). The molecule has 0 aromatic carbocycles. The van der Waals surface area contributed by atoms with Gasteiger partial charge < -0.3 is 14.8 Å². The van der Waals surface area contributed by atoms with Gasteiger partial charge in [-0.3, -0.25) is 4.98 Å². The maximum atomic E-state index is 5.72. The topological polar surface area (TPSA) is 56.3 Å². The quantitative estimate of drug-likeness (QED) is 0.771. The van der Waals surface area contributed by atoms with Gasteiger partial charge in [-0.1, -0.05) is 6.07 Å². The third kappa shape index (κ3) is 4.31. The van der Waals surface area contributed by atoms with Crippen LogP contribution in [0.3, 0.4) is 0 Å². The van der Waals surface area contributed by atoms with Crippen LogP contribution in [0.2, 0.25) is 0 Å². The average Bonchev–Trinajstić information content (AvgIpc) is 2.46. The van der Waals surface area contributed by atoms with E-state index in [-0.39, 0.29) is 0 Å². The molecule has 0 radical (unpaired) electrons. The van der Waals surface area contributed by atoms with Crippen molar-refractivity contribution >= 4 is 0 Å². The van der Waals surface area contributed by atoms with E-state index < -0.39 is 0 Å². The third-order valence-electron chi connectivity index (χ3n) is 2.50. The lowest BCUT2D eigenvalue weighted by molar-refractivity contribution is 0.199. The lowest BCUT2D eigenvalue weighted by atomic mass is 10.2. The van der Waals surface area contributed by atoms with Crippen molar-refractivity contribution in [1.82, 2.24) is 15.3 Å². The summed E-state index contributed by atoms with van der Waals surface area (Å²) in [6.07, 6.45) is 5.08. The Morgan fingerprint density at radius 3 is 2.89 bits per heavy atom. The van der Waals surface area contributed by atoms with Crippen molar-refractivity contribution in [2.24, 2.45) is 0 Å². The van der Waals surface area contributed by atoms with E-state index in [0.717, 1.165) is 12.1 Å².